The van der Waals surface area contributed by atoms with Crippen LogP contribution in [-0.2, 0) is 4.79 Å². The highest BCUT2D eigenvalue weighted by atomic mass is 32.2. The standard InChI is InChI=1S/C18H23N5O2S/c1-12(2)18(4,10-19)21-16(24)13(3)26-17-22-20-11-23(17)14-7-6-8-15(9-14)25-5/h6-9,11-13H,1-5H3,(H,21,24)/t13-,18+/m1/s1. The molecule has 0 fully saturated rings. The monoisotopic (exact) mass is 373 g/mol. The Hall–Kier alpha value is -2.53. The summed E-state index contributed by atoms with van der Waals surface area (Å²) in [5, 5.41) is 20.4. The zero-order valence-electron chi connectivity index (χ0n) is 15.6. The molecule has 138 valence electrons. The summed E-state index contributed by atoms with van der Waals surface area (Å²) >= 11 is 1.28. The molecule has 0 saturated heterocycles. The number of ether oxygens (including phenoxy) is 1. The molecule has 0 spiro atoms. The van der Waals surface area contributed by atoms with Crippen LogP contribution < -0.4 is 10.1 Å². The second kappa shape index (κ2) is 8.23. The zero-order chi connectivity index (χ0) is 19.3. The van der Waals surface area contributed by atoms with E-state index in [0.29, 0.717) is 5.16 Å². The van der Waals surface area contributed by atoms with Crippen molar-refractivity contribution in [3.63, 3.8) is 0 Å². The van der Waals surface area contributed by atoms with E-state index < -0.39 is 10.8 Å². The SMILES string of the molecule is COc1cccc(-n2cnnc2S[C@H](C)C(=O)N[C@@](C)(C#N)C(C)C)c1. The van der Waals surface area contributed by atoms with Gasteiger partial charge in [0, 0.05) is 6.07 Å². The predicted octanol–water partition coefficient (Wildman–Crippen LogP) is 2.81. The summed E-state index contributed by atoms with van der Waals surface area (Å²) < 4.78 is 7.04. The first-order chi connectivity index (χ1) is 12.3. The van der Waals surface area contributed by atoms with Gasteiger partial charge in [-0.25, -0.2) is 0 Å². The normalized spacial score (nSPS) is 14.3. The Balaban J connectivity index is 2.16. The van der Waals surface area contributed by atoms with Crippen LogP contribution in [0.5, 0.6) is 5.75 Å². The van der Waals surface area contributed by atoms with Gasteiger partial charge in [-0.2, -0.15) is 5.26 Å². The minimum absolute atomic E-state index is 0.00548. The van der Waals surface area contributed by atoms with Gasteiger partial charge in [0.15, 0.2) is 5.16 Å². The molecule has 0 radical (unpaired) electrons. The average Bonchev–Trinajstić information content (AvgIpc) is 3.09. The number of hydrogen-bond acceptors (Lipinski definition) is 6. The third kappa shape index (κ3) is 4.35. The average molecular weight is 373 g/mol. The van der Waals surface area contributed by atoms with Crippen LogP contribution in [0, 0.1) is 17.2 Å². The molecule has 0 aliphatic rings. The van der Waals surface area contributed by atoms with Crippen molar-refractivity contribution in [3.8, 4) is 17.5 Å². The second-order valence-corrected chi connectivity index (χ2v) is 7.71. The molecule has 7 nitrogen and oxygen atoms in total. The highest BCUT2D eigenvalue weighted by Gasteiger charge is 2.32. The molecule has 1 aromatic carbocycles. The molecule has 1 amide bonds. The number of nitrogens with one attached hydrogen (secondary N) is 1. The highest BCUT2D eigenvalue weighted by molar-refractivity contribution is 8.00. The Morgan fingerprint density at radius 1 is 1.42 bits per heavy atom. The van der Waals surface area contributed by atoms with Crippen molar-refractivity contribution in [1.82, 2.24) is 20.1 Å². The van der Waals surface area contributed by atoms with E-state index in [-0.39, 0.29) is 11.8 Å². The summed E-state index contributed by atoms with van der Waals surface area (Å²) in [5.41, 5.74) is -0.0691. The van der Waals surface area contributed by atoms with Crippen LogP contribution in [0.3, 0.4) is 0 Å². The Morgan fingerprint density at radius 3 is 2.77 bits per heavy atom. The van der Waals surface area contributed by atoms with Crippen molar-refractivity contribution >= 4 is 17.7 Å². The fraction of sp³-hybridized carbons (Fsp3) is 0.444. The lowest BCUT2D eigenvalue weighted by atomic mass is 9.90. The summed E-state index contributed by atoms with van der Waals surface area (Å²) in [6.07, 6.45) is 1.59. The van der Waals surface area contributed by atoms with E-state index in [1.165, 1.54) is 11.8 Å². The van der Waals surface area contributed by atoms with Crippen molar-refractivity contribution in [2.45, 2.75) is 43.6 Å². The van der Waals surface area contributed by atoms with Crippen LogP contribution in [0.25, 0.3) is 5.69 Å². The minimum atomic E-state index is -0.910. The number of nitrogens with zero attached hydrogens (tertiary/aromatic N) is 4. The number of rotatable bonds is 7. The van der Waals surface area contributed by atoms with Gasteiger partial charge in [-0.1, -0.05) is 31.7 Å². The molecule has 0 unspecified atom stereocenters. The fourth-order valence-electron chi connectivity index (χ4n) is 2.11. The quantitative estimate of drug-likeness (QED) is 0.750. The van der Waals surface area contributed by atoms with E-state index in [9.17, 15) is 10.1 Å². The van der Waals surface area contributed by atoms with Crippen molar-refractivity contribution < 1.29 is 9.53 Å². The van der Waals surface area contributed by atoms with Crippen LogP contribution in [0.1, 0.15) is 27.7 Å². The van der Waals surface area contributed by atoms with E-state index in [0.717, 1.165) is 11.4 Å². The number of methoxy groups -OCH3 is 1. The maximum atomic E-state index is 12.5. The number of carbonyl (C=O) groups excluding carboxylic acids is 1. The zero-order valence-corrected chi connectivity index (χ0v) is 16.4. The molecule has 2 atom stereocenters. The maximum Gasteiger partial charge on any atom is 0.234 e. The largest absolute Gasteiger partial charge is 0.497 e. The van der Waals surface area contributed by atoms with Gasteiger partial charge in [0.25, 0.3) is 0 Å². The Morgan fingerprint density at radius 2 is 2.15 bits per heavy atom. The van der Waals surface area contributed by atoms with Crippen molar-refractivity contribution in [3.05, 3.63) is 30.6 Å². The lowest BCUT2D eigenvalue weighted by molar-refractivity contribution is -0.121. The molecule has 0 saturated carbocycles. The van der Waals surface area contributed by atoms with Gasteiger partial charge in [-0.15, -0.1) is 10.2 Å². The van der Waals surface area contributed by atoms with Gasteiger partial charge >= 0.3 is 0 Å². The number of thioether (sulfide) groups is 1. The summed E-state index contributed by atoms with van der Waals surface area (Å²) in [6.45, 7) is 7.32. The number of nitriles is 1. The molecular formula is C18H23N5O2S. The number of aromatic nitrogens is 3. The molecule has 26 heavy (non-hydrogen) atoms. The summed E-state index contributed by atoms with van der Waals surface area (Å²) in [7, 11) is 1.61. The Labute approximate surface area is 157 Å². The van der Waals surface area contributed by atoms with Crippen molar-refractivity contribution in [1.29, 1.82) is 5.26 Å². The van der Waals surface area contributed by atoms with E-state index in [1.807, 2.05) is 38.1 Å². The van der Waals surface area contributed by atoms with Gasteiger partial charge in [-0.3, -0.25) is 9.36 Å². The predicted molar refractivity (Wildman–Crippen MR) is 100 cm³/mol. The van der Waals surface area contributed by atoms with Crippen LogP contribution >= 0.6 is 11.8 Å². The molecule has 1 heterocycles. The molecule has 0 aliphatic carbocycles. The lowest BCUT2D eigenvalue weighted by Gasteiger charge is -2.28. The van der Waals surface area contributed by atoms with Crippen molar-refractivity contribution in [2.75, 3.05) is 7.11 Å². The Kier molecular flexibility index (Phi) is 6.27. The molecule has 0 aliphatic heterocycles. The van der Waals surface area contributed by atoms with Crippen molar-refractivity contribution in [2.24, 2.45) is 5.92 Å². The topological polar surface area (TPSA) is 92.8 Å². The number of hydrogen-bond donors (Lipinski definition) is 1. The second-order valence-electron chi connectivity index (χ2n) is 6.40. The van der Waals surface area contributed by atoms with E-state index in [2.05, 4.69) is 21.6 Å². The molecule has 1 N–H and O–H groups in total. The minimum Gasteiger partial charge on any atom is -0.497 e. The van der Waals surface area contributed by atoms with Gasteiger partial charge in [0.2, 0.25) is 5.91 Å². The van der Waals surface area contributed by atoms with Crippen LogP contribution in [-0.4, -0.2) is 38.6 Å². The van der Waals surface area contributed by atoms with Gasteiger partial charge < -0.3 is 10.1 Å². The number of amides is 1. The first-order valence-electron chi connectivity index (χ1n) is 8.25. The van der Waals surface area contributed by atoms with Gasteiger partial charge in [0.1, 0.15) is 17.6 Å². The molecular weight excluding hydrogens is 350 g/mol. The molecule has 2 aromatic rings. The molecule has 0 bridgehead atoms. The molecule has 8 heteroatoms. The number of benzene rings is 1. The molecule has 2 rings (SSSR count). The third-order valence-electron chi connectivity index (χ3n) is 4.27. The third-order valence-corrected chi connectivity index (χ3v) is 5.33. The highest BCUT2D eigenvalue weighted by Crippen LogP contribution is 2.26. The fourth-order valence-corrected chi connectivity index (χ4v) is 2.96. The lowest BCUT2D eigenvalue weighted by Crippen LogP contribution is -2.51. The van der Waals surface area contributed by atoms with E-state index >= 15 is 0 Å². The maximum absolute atomic E-state index is 12.5. The van der Waals surface area contributed by atoms with Gasteiger partial charge in [0.05, 0.1) is 24.1 Å². The van der Waals surface area contributed by atoms with Crippen LogP contribution in [0.4, 0.5) is 0 Å². The summed E-state index contributed by atoms with van der Waals surface area (Å²) in [4.78, 5) is 12.5. The first kappa shape index (κ1) is 19.8. The number of carbonyl (C=O) groups is 1. The van der Waals surface area contributed by atoms with E-state index in [1.54, 1.807) is 31.9 Å². The van der Waals surface area contributed by atoms with E-state index in [4.69, 9.17) is 4.74 Å². The summed E-state index contributed by atoms with van der Waals surface area (Å²) in [5.74, 6) is 0.502. The first-order valence-corrected chi connectivity index (χ1v) is 9.13. The Bertz CT molecular complexity index is 814. The van der Waals surface area contributed by atoms with Crippen LogP contribution in [0.2, 0.25) is 0 Å². The van der Waals surface area contributed by atoms with Gasteiger partial charge in [-0.05, 0) is 31.9 Å². The molecule has 1 aromatic heterocycles. The summed E-state index contributed by atoms with van der Waals surface area (Å²) in [6, 6.07) is 9.69. The smallest absolute Gasteiger partial charge is 0.234 e. The van der Waals surface area contributed by atoms with Crippen LogP contribution in [0.15, 0.2) is 35.7 Å².